The summed E-state index contributed by atoms with van der Waals surface area (Å²) in [5.41, 5.74) is 3.61. The van der Waals surface area contributed by atoms with Gasteiger partial charge >= 0.3 is 6.03 Å². The third kappa shape index (κ3) is 6.13. The van der Waals surface area contributed by atoms with E-state index in [-0.39, 0.29) is 6.03 Å². The fourth-order valence-electron chi connectivity index (χ4n) is 4.91. The van der Waals surface area contributed by atoms with E-state index in [1.165, 1.54) is 0 Å². The zero-order valence-corrected chi connectivity index (χ0v) is 22.0. The third-order valence-electron chi connectivity index (χ3n) is 6.89. The molecule has 3 aliphatic rings. The molecule has 6 rings (SSSR count). The average molecular weight is 545 g/mol. The SMILES string of the molecule is O=C(Nc1cccc(N2CCOCC2)n1)Nc1ccc2cc1CCC1C=CC=C(C1)Nc1ncc(Cl)c(n1)N2. The highest BCUT2D eigenvalue weighted by atomic mass is 35.5. The molecule has 200 valence electrons. The first-order valence-corrected chi connectivity index (χ1v) is 13.4. The van der Waals surface area contributed by atoms with Gasteiger partial charge in [-0.3, -0.25) is 5.32 Å². The van der Waals surface area contributed by atoms with Crippen LogP contribution in [0.3, 0.4) is 0 Å². The zero-order chi connectivity index (χ0) is 26.6. The van der Waals surface area contributed by atoms with Crippen molar-refractivity contribution in [1.29, 1.82) is 0 Å². The Bertz CT molecular complexity index is 1440. The number of fused-ring (bicyclic) bond motifs is 6. The maximum Gasteiger partial charge on any atom is 0.324 e. The number of morpholine rings is 1. The quantitative estimate of drug-likeness (QED) is 0.338. The van der Waals surface area contributed by atoms with Crippen LogP contribution in [0, 0.1) is 5.92 Å². The van der Waals surface area contributed by atoms with Gasteiger partial charge in [-0.05, 0) is 67.2 Å². The number of nitrogens with one attached hydrogen (secondary N) is 4. The first-order valence-electron chi connectivity index (χ1n) is 13.0. The summed E-state index contributed by atoms with van der Waals surface area (Å²) < 4.78 is 5.43. The van der Waals surface area contributed by atoms with E-state index >= 15 is 0 Å². The van der Waals surface area contributed by atoms with E-state index in [4.69, 9.17) is 16.3 Å². The summed E-state index contributed by atoms with van der Waals surface area (Å²) in [5.74, 6) is 2.65. The number of allylic oxidation sites excluding steroid dienone is 4. The molecule has 0 radical (unpaired) electrons. The van der Waals surface area contributed by atoms with Crippen LogP contribution < -0.4 is 26.2 Å². The molecule has 2 aliphatic heterocycles. The topological polar surface area (TPSA) is 116 Å². The standard InChI is InChI=1S/C28H29ClN8O2/c29-22-17-30-27-32-20-4-1-3-18(15-20)7-8-19-16-21(31-26(22)36-27)9-10-23(19)33-28(38)35-24-5-2-6-25(34-24)37-11-13-39-14-12-37/h1-6,9-10,16-18H,7-8,11-15H2,(H2,30,31,32,36)(H2,33,34,35,38). The van der Waals surface area contributed by atoms with Crippen LogP contribution in [0.5, 0.6) is 0 Å². The maximum atomic E-state index is 13.0. The van der Waals surface area contributed by atoms with E-state index < -0.39 is 0 Å². The lowest BCUT2D eigenvalue weighted by Crippen LogP contribution is -2.36. The van der Waals surface area contributed by atoms with Crippen molar-refractivity contribution in [3.63, 3.8) is 0 Å². The molecule has 39 heavy (non-hydrogen) atoms. The van der Waals surface area contributed by atoms with Crippen LogP contribution in [-0.2, 0) is 11.2 Å². The number of amides is 2. The van der Waals surface area contributed by atoms with Gasteiger partial charge in [0, 0.05) is 30.2 Å². The van der Waals surface area contributed by atoms with E-state index in [2.05, 4.69) is 53.3 Å². The van der Waals surface area contributed by atoms with Crippen molar-refractivity contribution in [2.45, 2.75) is 19.3 Å². The molecular formula is C28H29ClN8O2. The van der Waals surface area contributed by atoms with E-state index in [0.717, 1.165) is 60.8 Å². The van der Waals surface area contributed by atoms with Crippen LogP contribution in [0.25, 0.3) is 0 Å². The summed E-state index contributed by atoms with van der Waals surface area (Å²) in [7, 11) is 0. The second-order valence-corrected chi connectivity index (χ2v) is 10.1. The van der Waals surface area contributed by atoms with Crippen LogP contribution >= 0.6 is 11.6 Å². The van der Waals surface area contributed by atoms with E-state index in [1.54, 1.807) is 12.3 Å². The summed E-state index contributed by atoms with van der Waals surface area (Å²) in [6.45, 7) is 2.89. The van der Waals surface area contributed by atoms with Gasteiger partial charge in [-0.25, -0.2) is 14.8 Å². The molecular weight excluding hydrogens is 516 g/mol. The molecule has 0 spiro atoms. The summed E-state index contributed by atoms with van der Waals surface area (Å²) >= 11 is 6.39. The Kier molecular flexibility index (Phi) is 7.29. The summed E-state index contributed by atoms with van der Waals surface area (Å²) in [4.78, 5) is 28.7. The van der Waals surface area contributed by atoms with Crippen LogP contribution in [0.1, 0.15) is 18.4 Å². The van der Waals surface area contributed by atoms with Crippen molar-refractivity contribution in [3.8, 4) is 0 Å². The summed E-state index contributed by atoms with van der Waals surface area (Å²) in [5, 5.41) is 12.9. The van der Waals surface area contributed by atoms with Gasteiger partial charge in [-0.1, -0.05) is 29.8 Å². The zero-order valence-electron chi connectivity index (χ0n) is 21.3. The smallest absolute Gasteiger partial charge is 0.324 e. The Morgan fingerprint density at radius 1 is 1.10 bits per heavy atom. The van der Waals surface area contributed by atoms with Crippen molar-refractivity contribution in [3.05, 3.63) is 77.1 Å². The minimum Gasteiger partial charge on any atom is -0.378 e. The number of pyridine rings is 1. The third-order valence-corrected chi connectivity index (χ3v) is 7.17. The normalized spacial score (nSPS) is 18.3. The molecule has 1 aromatic carbocycles. The molecule has 4 N–H and O–H groups in total. The van der Waals surface area contributed by atoms with Crippen LogP contribution in [0.15, 0.2) is 66.5 Å². The van der Waals surface area contributed by atoms with E-state index in [1.807, 2.05) is 36.4 Å². The highest BCUT2D eigenvalue weighted by Gasteiger charge is 2.18. The molecule has 10 nitrogen and oxygen atoms in total. The van der Waals surface area contributed by atoms with Crippen LogP contribution in [0.4, 0.5) is 39.6 Å². The Morgan fingerprint density at radius 3 is 2.90 bits per heavy atom. The van der Waals surface area contributed by atoms with E-state index in [0.29, 0.717) is 41.7 Å². The summed E-state index contributed by atoms with van der Waals surface area (Å²) in [6.07, 6.45) is 10.4. The number of rotatable bonds is 3. The number of nitrogens with zero attached hydrogens (tertiary/aromatic N) is 4. The van der Waals surface area contributed by atoms with Crippen molar-refractivity contribution in [1.82, 2.24) is 15.0 Å². The number of anilines is 6. The van der Waals surface area contributed by atoms with Gasteiger partial charge in [0.15, 0.2) is 5.82 Å². The predicted molar refractivity (Wildman–Crippen MR) is 154 cm³/mol. The minimum absolute atomic E-state index is 0.343. The van der Waals surface area contributed by atoms with Gasteiger partial charge in [0.2, 0.25) is 5.95 Å². The van der Waals surface area contributed by atoms with E-state index in [9.17, 15) is 4.79 Å². The molecule has 6 bridgehead atoms. The lowest BCUT2D eigenvalue weighted by molar-refractivity contribution is 0.122. The molecule has 3 aromatic rings. The molecule has 11 heteroatoms. The van der Waals surface area contributed by atoms with Gasteiger partial charge < -0.3 is 25.6 Å². The number of carbonyl (C=O) groups is 1. The fraction of sp³-hybridized carbons (Fsp3) is 0.286. The number of aromatic nitrogens is 3. The number of aryl methyl sites for hydroxylation is 1. The number of hydrogen-bond acceptors (Lipinski definition) is 8. The van der Waals surface area contributed by atoms with Crippen molar-refractivity contribution < 1.29 is 9.53 Å². The molecule has 1 unspecified atom stereocenters. The van der Waals surface area contributed by atoms with Gasteiger partial charge in [0.1, 0.15) is 16.7 Å². The maximum absolute atomic E-state index is 13.0. The predicted octanol–water partition coefficient (Wildman–Crippen LogP) is 5.57. The van der Waals surface area contributed by atoms with Gasteiger partial charge in [-0.15, -0.1) is 0 Å². The Balaban J connectivity index is 1.22. The van der Waals surface area contributed by atoms with Gasteiger partial charge in [0.05, 0.1) is 19.4 Å². The highest BCUT2D eigenvalue weighted by Crippen LogP contribution is 2.31. The minimum atomic E-state index is -0.350. The number of urea groups is 1. The molecule has 1 saturated heterocycles. The fourth-order valence-corrected chi connectivity index (χ4v) is 5.04. The number of ether oxygens (including phenoxy) is 1. The van der Waals surface area contributed by atoms with Crippen LogP contribution in [-0.4, -0.2) is 47.3 Å². The molecule has 2 amide bonds. The Morgan fingerprint density at radius 2 is 2.00 bits per heavy atom. The molecule has 1 aliphatic carbocycles. The first-order chi connectivity index (χ1) is 19.1. The second kappa shape index (κ2) is 11.3. The first kappa shape index (κ1) is 25.1. The van der Waals surface area contributed by atoms with Crippen molar-refractivity contribution in [2.24, 2.45) is 5.92 Å². The van der Waals surface area contributed by atoms with Gasteiger partial charge in [0.25, 0.3) is 0 Å². The van der Waals surface area contributed by atoms with Crippen molar-refractivity contribution >= 4 is 52.4 Å². The lowest BCUT2D eigenvalue weighted by atomic mass is 9.91. The second-order valence-electron chi connectivity index (χ2n) is 9.65. The molecule has 0 saturated carbocycles. The molecule has 4 heterocycles. The Labute approximate surface area is 231 Å². The monoisotopic (exact) mass is 544 g/mol. The van der Waals surface area contributed by atoms with Crippen LogP contribution in [0.2, 0.25) is 5.02 Å². The average Bonchev–Trinajstić information content (AvgIpc) is 2.96. The number of halogens is 1. The number of hydrogen-bond donors (Lipinski definition) is 4. The van der Waals surface area contributed by atoms with Crippen molar-refractivity contribution in [2.75, 3.05) is 52.5 Å². The highest BCUT2D eigenvalue weighted by molar-refractivity contribution is 6.32. The Hall–Kier alpha value is -4.15. The van der Waals surface area contributed by atoms with Gasteiger partial charge in [-0.2, -0.15) is 4.98 Å². The molecule has 1 fully saturated rings. The summed E-state index contributed by atoms with van der Waals surface area (Å²) in [6, 6.07) is 11.1. The molecule has 1 atom stereocenters. The number of carbonyl (C=O) groups excluding carboxylic acids is 1. The molecule has 2 aromatic heterocycles. The lowest BCUT2D eigenvalue weighted by Gasteiger charge is -2.28. The number of benzene rings is 1. The largest absolute Gasteiger partial charge is 0.378 e.